The maximum atomic E-state index is 4.88. The number of benzene rings is 1. The number of fused-ring (bicyclic) bond motifs is 2. The summed E-state index contributed by atoms with van der Waals surface area (Å²) < 4.78 is 2.34. The van der Waals surface area contributed by atoms with E-state index in [0.717, 1.165) is 30.0 Å². The van der Waals surface area contributed by atoms with Crippen molar-refractivity contribution < 1.29 is 0 Å². The van der Waals surface area contributed by atoms with Gasteiger partial charge in [0.05, 0.1) is 34.8 Å². The summed E-state index contributed by atoms with van der Waals surface area (Å²) in [4.78, 5) is 12.5. The third-order valence-corrected chi connectivity index (χ3v) is 4.18. The lowest BCUT2D eigenvalue weighted by Gasteiger charge is -2.25. The zero-order valence-corrected chi connectivity index (χ0v) is 12.3. The van der Waals surface area contributed by atoms with Crippen molar-refractivity contribution in [2.45, 2.75) is 38.9 Å². The Bertz CT molecular complexity index is 783. The first-order chi connectivity index (χ1) is 10.2. The van der Waals surface area contributed by atoms with Crippen molar-refractivity contribution in [2.24, 2.45) is 0 Å². The van der Waals surface area contributed by atoms with Gasteiger partial charge in [0.1, 0.15) is 5.82 Å². The van der Waals surface area contributed by atoms with Crippen molar-refractivity contribution in [2.75, 3.05) is 0 Å². The second kappa shape index (κ2) is 4.70. The molecule has 3 heterocycles. The summed E-state index contributed by atoms with van der Waals surface area (Å²) in [6, 6.07) is 8.96. The molecule has 1 unspecified atom stereocenters. The fourth-order valence-corrected chi connectivity index (χ4v) is 3.20. The van der Waals surface area contributed by atoms with Gasteiger partial charge in [0.2, 0.25) is 0 Å². The number of hydrogen-bond donors (Lipinski definition) is 2. The number of nitrogens with one attached hydrogen (secondary N) is 2. The highest BCUT2D eigenvalue weighted by Crippen LogP contribution is 2.29. The van der Waals surface area contributed by atoms with Gasteiger partial charge in [-0.25, -0.2) is 9.97 Å². The van der Waals surface area contributed by atoms with Crippen LogP contribution in [0.15, 0.2) is 30.6 Å². The Balaban J connectivity index is 1.82. The van der Waals surface area contributed by atoms with E-state index in [0.29, 0.717) is 6.04 Å². The van der Waals surface area contributed by atoms with Crippen LogP contribution in [0.5, 0.6) is 0 Å². The summed E-state index contributed by atoms with van der Waals surface area (Å²) in [5.74, 6) is 1.11. The number of H-pyrrole nitrogens is 1. The molecule has 5 nitrogen and oxygen atoms in total. The molecule has 4 rings (SSSR count). The monoisotopic (exact) mass is 281 g/mol. The summed E-state index contributed by atoms with van der Waals surface area (Å²) in [5, 5.41) is 3.58. The molecule has 5 heteroatoms. The molecule has 1 aliphatic heterocycles. The maximum absolute atomic E-state index is 4.88. The van der Waals surface area contributed by atoms with Gasteiger partial charge < -0.3 is 14.9 Å². The Hall–Kier alpha value is -2.14. The first-order valence-corrected chi connectivity index (χ1v) is 7.45. The van der Waals surface area contributed by atoms with Crippen LogP contribution in [-0.4, -0.2) is 19.5 Å². The van der Waals surface area contributed by atoms with Crippen LogP contribution in [0.1, 0.15) is 43.1 Å². The van der Waals surface area contributed by atoms with E-state index in [1.165, 1.54) is 11.2 Å². The predicted molar refractivity (Wildman–Crippen MR) is 82.0 cm³/mol. The molecule has 2 aromatic heterocycles. The Kier molecular flexibility index (Phi) is 2.82. The molecular formula is C16H19N5. The van der Waals surface area contributed by atoms with E-state index in [2.05, 4.69) is 51.9 Å². The highest BCUT2D eigenvalue weighted by molar-refractivity contribution is 5.76. The lowest BCUT2D eigenvalue weighted by atomic mass is 10.0. The molecule has 21 heavy (non-hydrogen) atoms. The Morgan fingerprint density at radius 2 is 2.14 bits per heavy atom. The van der Waals surface area contributed by atoms with Crippen molar-refractivity contribution >= 4 is 11.0 Å². The van der Waals surface area contributed by atoms with Gasteiger partial charge >= 0.3 is 0 Å². The van der Waals surface area contributed by atoms with Crippen LogP contribution in [0.25, 0.3) is 11.0 Å². The first-order valence-electron chi connectivity index (χ1n) is 7.45. The lowest BCUT2D eigenvalue weighted by Crippen LogP contribution is -2.31. The van der Waals surface area contributed by atoms with Gasteiger partial charge in [-0.3, -0.25) is 0 Å². The van der Waals surface area contributed by atoms with E-state index in [-0.39, 0.29) is 6.04 Å². The standard InChI is InChI=1S/C16H19N5/c1-10(2)21-15-6-4-3-5-11(15)20-16(21)13-7-12-14(8-17-13)19-9-18-12/h3-6,9-10,13,17H,7-8H2,1-2H3,(H,18,19). The predicted octanol–water partition coefficient (Wildman–Crippen LogP) is 2.73. The van der Waals surface area contributed by atoms with Crippen molar-refractivity contribution in [3.05, 3.63) is 47.8 Å². The van der Waals surface area contributed by atoms with Crippen LogP contribution in [0.3, 0.4) is 0 Å². The van der Waals surface area contributed by atoms with E-state index < -0.39 is 0 Å². The largest absolute Gasteiger partial charge is 0.347 e. The van der Waals surface area contributed by atoms with Crippen molar-refractivity contribution in [3.8, 4) is 0 Å². The minimum Gasteiger partial charge on any atom is -0.347 e. The smallest absolute Gasteiger partial charge is 0.127 e. The van der Waals surface area contributed by atoms with E-state index in [1.54, 1.807) is 6.33 Å². The fraction of sp³-hybridized carbons (Fsp3) is 0.375. The summed E-state index contributed by atoms with van der Waals surface area (Å²) in [5.41, 5.74) is 4.62. The zero-order chi connectivity index (χ0) is 14.4. The number of rotatable bonds is 2. The molecule has 108 valence electrons. The van der Waals surface area contributed by atoms with E-state index in [9.17, 15) is 0 Å². The van der Waals surface area contributed by atoms with Gasteiger partial charge in [-0.2, -0.15) is 0 Å². The number of imidazole rings is 2. The molecule has 0 spiro atoms. The molecule has 2 N–H and O–H groups in total. The highest BCUT2D eigenvalue weighted by atomic mass is 15.2. The average molecular weight is 281 g/mol. The van der Waals surface area contributed by atoms with Gasteiger partial charge in [0, 0.05) is 19.0 Å². The number of aromatic amines is 1. The molecular weight excluding hydrogens is 262 g/mol. The molecule has 3 aromatic rings. The van der Waals surface area contributed by atoms with Crippen LogP contribution < -0.4 is 5.32 Å². The highest BCUT2D eigenvalue weighted by Gasteiger charge is 2.26. The Morgan fingerprint density at radius 3 is 3.00 bits per heavy atom. The maximum Gasteiger partial charge on any atom is 0.127 e. The summed E-state index contributed by atoms with van der Waals surface area (Å²) in [7, 11) is 0. The van der Waals surface area contributed by atoms with Crippen LogP contribution >= 0.6 is 0 Å². The molecule has 1 atom stereocenters. The van der Waals surface area contributed by atoms with E-state index in [4.69, 9.17) is 4.98 Å². The van der Waals surface area contributed by atoms with E-state index in [1.807, 2.05) is 6.07 Å². The van der Waals surface area contributed by atoms with Crippen molar-refractivity contribution in [3.63, 3.8) is 0 Å². The fourth-order valence-electron chi connectivity index (χ4n) is 3.20. The molecule has 0 fully saturated rings. The topological polar surface area (TPSA) is 58.5 Å². The van der Waals surface area contributed by atoms with Crippen molar-refractivity contribution in [1.82, 2.24) is 24.8 Å². The van der Waals surface area contributed by atoms with E-state index >= 15 is 0 Å². The molecule has 0 amide bonds. The third-order valence-electron chi connectivity index (χ3n) is 4.18. The number of para-hydroxylation sites is 2. The zero-order valence-electron chi connectivity index (χ0n) is 12.3. The summed E-state index contributed by atoms with van der Waals surface area (Å²) in [6.07, 6.45) is 2.66. The molecule has 1 aromatic carbocycles. The number of aromatic nitrogens is 4. The normalized spacial score (nSPS) is 18.3. The van der Waals surface area contributed by atoms with Gasteiger partial charge in [-0.05, 0) is 26.0 Å². The average Bonchev–Trinajstić information content (AvgIpc) is 3.10. The van der Waals surface area contributed by atoms with Crippen LogP contribution in [-0.2, 0) is 13.0 Å². The minimum atomic E-state index is 0.218. The Morgan fingerprint density at radius 1 is 1.29 bits per heavy atom. The first kappa shape index (κ1) is 12.6. The van der Waals surface area contributed by atoms with Gasteiger partial charge in [-0.15, -0.1) is 0 Å². The Labute approximate surface area is 123 Å². The van der Waals surface area contributed by atoms with Crippen LogP contribution in [0.2, 0.25) is 0 Å². The molecule has 0 bridgehead atoms. The number of hydrogen-bond acceptors (Lipinski definition) is 3. The summed E-state index contributed by atoms with van der Waals surface area (Å²) in [6.45, 7) is 5.24. The summed E-state index contributed by atoms with van der Waals surface area (Å²) >= 11 is 0. The van der Waals surface area contributed by atoms with Crippen molar-refractivity contribution in [1.29, 1.82) is 0 Å². The second-order valence-corrected chi connectivity index (χ2v) is 5.89. The molecule has 0 saturated heterocycles. The number of nitrogens with zero attached hydrogens (tertiary/aromatic N) is 3. The van der Waals surface area contributed by atoms with Gasteiger partial charge in [0.15, 0.2) is 0 Å². The van der Waals surface area contributed by atoms with Crippen LogP contribution in [0.4, 0.5) is 0 Å². The van der Waals surface area contributed by atoms with Gasteiger partial charge in [0.25, 0.3) is 0 Å². The molecule has 0 saturated carbocycles. The third kappa shape index (κ3) is 1.96. The molecule has 0 aliphatic carbocycles. The second-order valence-electron chi connectivity index (χ2n) is 5.89. The van der Waals surface area contributed by atoms with Gasteiger partial charge in [-0.1, -0.05) is 12.1 Å². The van der Waals surface area contributed by atoms with Crippen LogP contribution in [0, 0.1) is 0 Å². The minimum absolute atomic E-state index is 0.218. The molecule has 1 aliphatic rings. The molecule has 0 radical (unpaired) electrons. The SMILES string of the molecule is CC(C)n1c(C2Cc3nc[nH]c3CN2)nc2ccccc21. The lowest BCUT2D eigenvalue weighted by molar-refractivity contribution is 0.437. The quantitative estimate of drug-likeness (QED) is 0.759.